The van der Waals surface area contributed by atoms with Crippen LogP contribution in [-0.2, 0) is 14.4 Å². The molecule has 0 aromatic heterocycles. The molecular formula is C17H27N3O3. The van der Waals surface area contributed by atoms with Crippen LogP contribution < -0.4 is 10.6 Å². The maximum atomic E-state index is 12.3. The highest BCUT2D eigenvalue weighted by Crippen LogP contribution is 2.19. The number of carbonyl (C=O) groups is 3. The minimum Gasteiger partial charge on any atom is -0.355 e. The molecule has 0 saturated carbocycles. The number of likely N-dealkylation sites (N-methyl/N-ethyl adjacent to an activating group) is 1. The number of unbranched alkanes of at least 4 members (excludes halogenated alkanes) is 1. The van der Waals surface area contributed by atoms with Crippen molar-refractivity contribution in [1.82, 2.24) is 15.5 Å². The van der Waals surface area contributed by atoms with Gasteiger partial charge < -0.3 is 15.5 Å². The third-order valence-electron chi connectivity index (χ3n) is 4.41. The van der Waals surface area contributed by atoms with Crippen molar-refractivity contribution < 1.29 is 14.4 Å². The summed E-state index contributed by atoms with van der Waals surface area (Å²) < 4.78 is 0. The third-order valence-corrected chi connectivity index (χ3v) is 4.41. The first-order valence-electron chi connectivity index (χ1n) is 8.62. The number of nitrogens with zero attached hydrogens (tertiary/aromatic N) is 1. The zero-order chi connectivity index (χ0) is 16.7. The molecular weight excluding hydrogens is 294 g/mol. The van der Waals surface area contributed by atoms with Gasteiger partial charge in [-0.3, -0.25) is 14.4 Å². The molecule has 0 bridgehead atoms. The van der Waals surface area contributed by atoms with Crippen LogP contribution in [0.5, 0.6) is 0 Å². The zero-order valence-electron chi connectivity index (χ0n) is 13.8. The van der Waals surface area contributed by atoms with Gasteiger partial charge in [-0.2, -0.15) is 0 Å². The Morgan fingerprint density at radius 1 is 1.43 bits per heavy atom. The molecule has 3 amide bonds. The van der Waals surface area contributed by atoms with Gasteiger partial charge in [0.2, 0.25) is 17.7 Å². The van der Waals surface area contributed by atoms with E-state index in [2.05, 4.69) is 22.8 Å². The van der Waals surface area contributed by atoms with E-state index >= 15 is 0 Å². The predicted molar refractivity (Wildman–Crippen MR) is 87.5 cm³/mol. The van der Waals surface area contributed by atoms with Crippen molar-refractivity contribution in [2.24, 2.45) is 5.92 Å². The zero-order valence-corrected chi connectivity index (χ0v) is 13.8. The highest BCUT2D eigenvalue weighted by Gasteiger charge is 2.33. The second-order valence-electron chi connectivity index (χ2n) is 6.23. The monoisotopic (exact) mass is 321 g/mol. The van der Waals surface area contributed by atoms with Crippen molar-refractivity contribution in [2.75, 3.05) is 19.6 Å². The number of hydrogen-bond donors (Lipinski definition) is 2. The Hall–Kier alpha value is -1.85. The number of carbonyl (C=O) groups excluding carboxylic acids is 3. The number of hydrogen-bond acceptors (Lipinski definition) is 3. The van der Waals surface area contributed by atoms with Crippen molar-refractivity contribution in [3.8, 4) is 0 Å². The Labute approximate surface area is 137 Å². The summed E-state index contributed by atoms with van der Waals surface area (Å²) in [6.07, 6.45) is 8.44. The van der Waals surface area contributed by atoms with E-state index in [0.29, 0.717) is 31.8 Å². The highest BCUT2D eigenvalue weighted by molar-refractivity contribution is 5.88. The first kappa shape index (κ1) is 17.5. The molecule has 0 aliphatic carbocycles. The summed E-state index contributed by atoms with van der Waals surface area (Å²) in [4.78, 5) is 37.1. The standard InChI is InChI=1S/C17H27N3O3/c1-2-18-17(23)14-8-6-10-20(14)16(22)9-5-3-4-7-13-11-15(21)19-12-13/h4,7,13-14H,2-3,5-6,8-12H2,1H3,(H,18,23)(H,19,21)/b7-4+/t13-,14?/m1/s1. The summed E-state index contributed by atoms with van der Waals surface area (Å²) in [7, 11) is 0. The van der Waals surface area contributed by atoms with Crippen molar-refractivity contribution >= 4 is 17.7 Å². The molecule has 128 valence electrons. The van der Waals surface area contributed by atoms with Crippen molar-refractivity contribution in [3.05, 3.63) is 12.2 Å². The molecule has 2 fully saturated rings. The van der Waals surface area contributed by atoms with Gasteiger partial charge >= 0.3 is 0 Å². The molecule has 2 aliphatic rings. The lowest BCUT2D eigenvalue weighted by molar-refractivity contribution is -0.138. The molecule has 0 spiro atoms. The quantitative estimate of drug-likeness (QED) is 0.542. The average molecular weight is 321 g/mol. The summed E-state index contributed by atoms with van der Waals surface area (Å²) in [5.41, 5.74) is 0. The minimum absolute atomic E-state index is 0.0309. The average Bonchev–Trinajstić information content (AvgIpc) is 3.16. The molecule has 0 aromatic rings. The Bertz CT molecular complexity index is 476. The van der Waals surface area contributed by atoms with Crippen LogP contribution in [0.2, 0.25) is 0 Å². The number of amides is 3. The smallest absolute Gasteiger partial charge is 0.242 e. The van der Waals surface area contributed by atoms with Gasteiger partial charge in [-0.05, 0) is 32.6 Å². The molecule has 6 heteroatoms. The molecule has 2 aliphatic heterocycles. The number of nitrogens with one attached hydrogen (secondary N) is 2. The van der Waals surface area contributed by atoms with Crippen molar-refractivity contribution in [2.45, 2.75) is 51.5 Å². The van der Waals surface area contributed by atoms with Crippen LogP contribution in [0.1, 0.15) is 45.4 Å². The van der Waals surface area contributed by atoms with Gasteiger partial charge in [0.1, 0.15) is 6.04 Å². The fraction of sp³-hybridized carbons (Fsp3) is 0.706. The van der Waals surface area contributed by atoms with Crippen LogP contribution in [0.4, 0.5) is 0 Å². The van der Waals surface area contributed by atoms with E-state index < -0.39 is 0 Å². The summed E-state index contributed by atoms with van der Waals surface area (Å²) in [6.45, 7) is 3.89. The van der Waals surface area contributed by atoms with E-state index in [4.69, 9.17) is 0 Å². The van der Waals surface area contributed by atoms with Gasteiger partial charge in [0, 0.05) is 38.4 Å². The highest BCUT2D eigenvalue weighted by atomic mass is 16.2. The number of rotatable bonds is 7. The van der Waals surface area contributed by atoms with Crippen LogP contribution in [-0.4, -0.2) is 48.3 Å². The van der Waals surface area contributed by atoms with Gasteiger partial charge in [-0.15, -0.1) is 0 Å². The molecule has 0 aromatic carbocycles. The lowest BCUT2D eigenvalue weighted by Gasteiger charge is -2.23. The molecule has 2 heterocycles. The van der Waals surface area contributed by atoms with Crippen molar-refractivity contribution in [1.29, 1.82) is 0 Å². The molecule has 23 heavy (non-hydrogen) atoms. The van der Waals surface area contributed by atoms with E-state index in [1.54, 1.807) is 4.90 Å². The Kier molecular flexibility index (Phi) is 6.62. The van der Waals surface area contributed by atoms with Crippen LogP contribution in [0.3, 0.4) is 0 Å². The van der Waals surface area contributed by atoms with Crippen LogP contribution in [0.15, 0.2) is 12.2 Å². The second kappa shape index (κ2) is 8.70. The molecule has 2 N–H and O–H groups in total. The molecule has 0 radical (unpaired) electrons. The summed E-state index contributed by atoms with van der Waals surface area (Å²) >= 11 is 0. The van der Waals surface area contributed by atoms with Crippen LogP contribution >= 0.6 is 0 Å². The van der Waals surface area contributed by atoms with E-state index in [-0.39, 0.29) is 23.8 Å². The van der Waals surface area contributed by atoms with Crippen LogP contribution in [0.25, 0.3) is 0 Å². The van der Waals surface area contributed by atoms with Gasteiger partial charge in [-0.1, -0.05) is 12.2 Å². The molecule has 1 unspecified atom stereocenters. The van der Waals surface area contributed by atoms with E-state index in [1.165, 1.54) is 0 Å². The van der Waals surface area contributed by atoms with Gasteiger partial charge in [0.05, 0.1) is 0 Å². The van der Waals surface area contributed by atoms with E-state index in [1.807, 2.05) is 6.92 Å². The largest absolute Gasteiger partial charge is 0.355 e. The third kappa shape index (κ3) is 5.08. The van der Waals surface area contributed by atoms with E-state index in [0.717, 1.165) is 32.2 Å². The lowest BCUT2D eigenvalue weighted by Crippen LogP contribution is -2.45. The number of likely N-dealkylation sites (tertiary alicyclic amines) is 1. The Morgan fingerprint density at radius 2 is 2.26 bits per heavy atom. The Morgan fingerprint density at radius 3 is 2.96 bits per heavy atom. The fourth-order valence-electron chi connectivity index (χ4n) is 3.20. The summed E-state index contributed by atoms with van der Waals surface area (Å²) in [5.74, 6) is 0.445. The van der Waals surface area contributed by atoms with Gasteiger partial charge in [0.15, 0.2) is 0 Å². The fourth-order valence-corrected chi connectivity index (χ4v) is 3.20. The molecule has 2 atom stereocenters. The molecule has 6 nitrogen and oxygen atoms in total. The SMILES string of the molecule is CCNC(=O)C1CCCN1C(=O)CCC/C=C/[C@H]1CNC(=O)C1. The van der Waals surface area contributed by atoms with Gasteiger partial charge in [-0.25, -0.2) is 0 Å². The first-order chi connectivity index (χ1) is 11.1. The van der Waals surface area contributed by atoms with Crippen molar-refractivity contribution in [3.63, 3.8) is 0 Å². The maximum absolute atomic E-state index is 12.3. The first-order valence-corrected chi connectivity index (χ1v) is 8.62. The number of allylic oxidation sites excluding steroid dienone is 1. The molecule has 2 saturated heterocycles. The second-order valence-corrected chi connectivity index (χ2v) is 6.23. The minimum atomic E-state index is -0.284. The summed E-state index contributed by atoms with van der Waals surface area (Å²) in [6, 6.07) is -0.284. The van der Waals surface area contributed by atoms with Gasteiger partial charge in [0.25, 0.3) is 0 Å². The lowest BCUT2D eigenvalue weighted by atomic mass is 10.1. The normalized spacial score (nSPS) is 24.2. The Balaban J connectivity index is 1.68. The van der Waals surface area contributed by atoms with E-state index in [9.17, 15) is 14.4 Å². The summed E-state index contributed by atoms with van der Waals surface area (Å²) in [5, 5.41) is 5.61. The topological polar surface area (TPSA) is 78.5 Å². The van der Waals surface area contributed by atoms with Crippen LogP contribution in [0, 0.1) is 5.92 Å². The molecule has 2 rings (SSSR count). The maximum Gasteiger partial charge on any atom is 0.242 e. The predicted octanol–water partition coefficient (Wildman–Crippen LogP) is 0.976.